The van der Waals surface area contributed by atoms with Crippen LogP contribution in [0.15, 0.2) is 19.6 Å². The largest absolute Gasteiger partial charge is 0.480 e. The van der Waals surface area contributed by atoms with E-state index in [1.165, 1.54) is 11.8 Å². The minimum absolute atomic E-state index is 0.0892. The maximum Gasteiger partial charge on any atom is 0.321 e. The smallest absolute Gasteiger partial charge is 0.321 e. The van der Waals surface area contributed by atoms with Crippen molar-refractivity contribution in [1.29, 1.82) is 0 Å². The van der Waals surface area contributed by atoms with E-state index in [1.807, 2.05) is 6.07 Å². The van der Waals surface area contributed by atoms with Gasteiger partial charge in [-0.2, -0.15) is 0 Å². The number of halogens is 2. The summed E-state index contributed by atoms with van der Waals surface area (Å²) in [5.41, 5.74) is 0. The molecule has 15 heavy (non-hydrogen) atoms. The van der Waals surface area contributed by atoms with Gasteiger partial charge in [-0.15, -0.1) is 11.8 Å². The number of carbonyl (C=O) groups is 1. The van der Waals surface area contributed by atoms with Gasteiger partial charge in [0, 0.05) is 5.75 Å². The second kappa shape index (κ2) is 4.48. The van der Waals surface area contributed by atoms with Crippen LogP contribution < -0.4 is 5.32 Å². The van der Waals surface area contributed by atoms with E-state index in [-0.39, 0.29) is 5.37 Å². The van der Waals surface area contributed by atoms with Crippen LogP contribution in [-0.2, 0) is 4.79 Å². The van der Waals surface area contributed by atoms with Gasteiger partial charge in [0.15, 0.2) is 4.67 Å². The monoisotopic (exact) mass is 355 g/mol. The lowest BCUT2D eigenvalue weighted by atomic mass is 10.3. The molecule has 0 amide bonds. The zero-order valence-electron chi connectivity index (χ0n) is 7.37. The number of carboxylic acids is 1. The molecule has 1 fully saturated rings. The topological polar surface area (TPSA) is 62.5 Å². The molecule has 7 heteroatoms. The van der Waals surface area contributed by atoms with E-state index in [1.54, 1.807) is 0 Å². The minimum atomic E-state index is -0.824. The van der Waals surface area contributed by atoms with E-state index >= 15 is 0 Å². The van der Waals surface area contributed by atoms with E-state index in [2.05, 4.69) is 37.2 Å². The highest BCUT2D eigenvalue weighted by atomic mass is 79.9. The number of hydrogen-bond donors (Lipinski definition) is 2. The van der Waals surface area contributed by atoms with Crippen molar-refractivity contribution in [2.45, 2.75) is 11.4 Å². The molecule has 4 nitrogen and oxygen atoms in total. The Morgan fingerprint density at radius 3 is 2.87 bits per heavy atom. The molecule has 2 atom stereocenters. The van der Waals surface area contributed by atoms with Crippen LogP contribution >= 0.6 is 43.6 Å². The second-order valence-corrected chi connectivity index (χ2v) is 5.75. The Morgan fingerprint density at radius 1 is 1.67 bits per heavy atom. The fraction of sp³-hybridized carbons (Fsp3) is 0.375. The minimum Gasteiger partial charge on any atom is -0.480 e. The average molecular weight is 357 g/mol. The molecular formula is C8H7Br2NO3S. The number of thioether (sulfide) groups is 1. The number of carboxylic acid groups (broad SMARTS) is 1. The van der Waals surface area contributed by atoms with E-state index < -0.39 is 12.0 Å². The van der Waals surface area contributed by atoms with Gasteiger partial charge in [-0.05, 0) is 37.9 Å². The Hall–Kier alpha value is 0.0200. The molecule has 2 rings (SSSR count). The lowest BCUT2D eigenvalue weighted by Gasteiger charge is -2.06. The van der Waals surface area contributed by atoms with Crippen molar-refractivity contribution in [3.8, 4) is 0 Å². The van der Waals surface area contributed by atoms with Crippen molar-refractivity contribution in [1.82, 2.24) is 5.32 Å². The van der Waals surface area contributed by atoms with E-state index in [0.717, 1.165) is 10.2 Å². The van der Waals surface area contributed by atoms with Crippen LogP contribution in [0.1, 0.15) is 11.1 Å². The molecule has 2 heterocycles. The summed E-state index contributed by atoms with van der Waals surface area (Å²) in [6, 6.07) is 1.33. The van der Waals surface area contributed by atoms with Crippen molar-refractivity contribution in [3.05, 3.63) is 21.0 Å². The third kappa shape index (κ3) is 2.41. The quantitative estimate of drug-likeness (QED) is 0.852. The Balaban J connectivity index is 2.11. The third-order valence-electron chi connectivity index (χ3n) is 2.00. The maximum atomic E-state index is 10.7. The van der Waals surface area contributed by atoms with Crippen LogP contribution in [-0.4, -0.2) is 22.9 Å². The van der Waals surface area contributed by atoms with Crippen molar-refractivity contribution in [2.24, 2.45) is 0 Å². The highest BCUT2D eigenvalue weighted by Crippen LogP contribution is 2.37. The predicted molar refractivity (Wildman–Crippen MR) is 63.9 cm³/mol. The molecule has 0 radical (unpaired) electrons. The summed E-state index contributed by atoms with van der Waals surface area (Å²) < 4.78 is 6.88. The first-order valence-electron chi connectivity index (χ1n) is 4.13. The van der Waals surface area contributed by atoms with Gasteiger partial charge in [-0.25, -0.2) is 0 Å². The average Bonchev–Trinajstić information content (AvgIpc) is 2.74. The molecule has 82 valence electrons. The van der Waals surface area contributed by atoms with Gasteiger partial charge in [-0.1, -0.05) is 0 Å². The third-order valence-corrected chi connectivity index (χ3v) is 4.94. The van der Waals surface area contributed by atoms with Gasteiger partial charge in [0.1, 0.15) is 17.2 Å². The van der Waals surface area contributed by atoms with Gasteiger partial charge in [0.05, 0.1) is 4.47 Å². The molecule has 1 aromatic heterocycles. The highest BCUT2D eigenvalue weighted by Gasteiger charge is 2.32. The van der Waals surface area contributed by atoms with Gasteiger partial charge in [-0.3, -0.25) is 10.1 Å². The first-order chi connectivity index (χ1) is 7.08. The number of nitrogens with one attached hydrogen (secondary N) is 1. The molecule has 0 aromatic carbocycles. The van der Waals surface area contributed by atoms with E-state index in [9.17, 15) is 4.79 Å². The second-order valence-electron chi connectivity index (χ2n) is 3.04. The van der Waals surface area contributed by atoms with Crippen LogP contribution in [0, 0.1) is 0 Å². The number of rotatable bonds is 2. The van der Waals surface area contributed by atoms with Crippen molar-refractivity contribution < 1.29 is 14.3 Å². The van der Waals surface area contributed by atoms with Crippen molar-refractivity contribution in [2.75, 3.05) is 5.75 Å². The Morgan fingerprint density at radius 2 is 2.40 bits per heavy atom. The summed E-state index contributed by atoms with van der Waals surface area (Å²) in [5, 5.41) is 11.7. The summed E-state index contributed by atoms with van der Waals surface area (Å²) in [4.78, 5) is 10.7. The molecule has 0 saturated carbocycles. The molecule has 2 N–H and O–H groups in total. The molecular weight excluding hydrogens is 350 g/mol. The summed E-state index contributed by atoms with van der Waals surface area (Å²) in [5.74, 6) is 0.452. The molecule has 1 unspecified atom stereocenters. The Bertz CT molecular complexity index is 376. The van der Waals surface area contributed by atoms with Crippen molar-refractivity contribution >= 4 is 49.6 Å². The fourth-order valence-electron chi connectivity index (χ4n) is 1.27. The zero-order chi connectivity index (χ0) is 11.0. The summed E-state index contributed by atoms with van der Waals surface area (Å²) in [7, 11) is 0. The molecule has 0 spiro atoms. The first-order valence-corrected chi connectivity index (χ1v) is 6.76. The highest BCUT2D eigenvalue weighted by molar-refractivity contribution is 9.13. The molecule has 1 aliphatic rings. The lowest BCUT2D eigenvalue weighted by molar-refractivity contribution is -0.138. The zero-order valence-corrected chi connectivity index (χ0v) is 11.4. The first kappa shape index (κ1) is 11.5. The molecule has 1 saturated heterocycles. The van der Waals surface area contributed by atoms with Crippen molar-refractivity contribution in [3.63, 3.8) is 0 Å². The summed E-state index contributed by atoms with van der Waals surface area (Å²) >= 11 is 8.08. The molecule has 1 aromatic rings. The van der Waals surface area contributed by atoms with Gasteiger partial charge < -0.3 is 9.52 Å². The van der Waals surface area contributed by atoms with Crippen LogP contribution in [0.2, 0.25) is 0 Å². The SMILES string of the molecule is O=C(O)[C@@H]1CSC(c2cc(Br)c(Br)o2)N1. The van der Waals surface area contributed by atoms with Gasteiger partial charge in [0.25, 0.3) is 0 Å². The van der Waals surface area contributed by atoms with E-state index in [4.69, 9.17) is 9.52 Å². The van der Waals surface area contributed by atoms with E-state index in [0.29, 0.717) is 10.4 Å². The van der Waals surface area contributed by atoms with Crippen LogP contribution in [0.3, 0.4) is 0 Å². The molecule has 0 bridgehead atoms. The maximum absolute atomic E-state index is 10.7. The van der Waals surface area contributed by atoms with Gasteiger partial charge in [0.2, 0.25) is 0 Å². The molecule has 0 aliphatic carbocycles. The number of furan rings is 1. The van der Waals surface area contributed by atoms with Crippen LogP contribution in [0.4, 0.5) is 0 Å². The predicted octanol–water partition coefficient (Wildman–Crippen LogP) is 2.59. The number of aliphatic carboxylic acids is 1. The summed E-state index contributed by atoms with van der Waals surface area (Å²) in [6.45, 7) is 0. The van der Waals surface area contributed by atoms with Crippen LogP contribution in [0.5, 0.6) is 0 Å². The van der Waals surface area contributed by atoms with Crippen LogP contribution in [0.25, 0.3) is 0 Å². The summed E-state index contributed by atoms with van der Waals surface area (Å²) in [6.07, 6.45) is 0. The Labute approximate surface area is 107 Å². The normalized spacial score (nSPS) is 25.7. The lowest BCUT2D eigenvalue weighted by Crippen LogP contribution is -2.33. The Kier molecular flexibility index (Phi) is 3.44. The standard InChI is InChI=1S/C8H7Br2NO3S/c9-3-1-5(14-6(3)10)7-11-4(2-15-7)8(12)13/h1,4,7,11H,2H2,(H,12,13)/t4-,7?/m0/s1. The molecule has 1 aliphatic heterocycles. The number of hydrogen-bond acceptors (Lipinski definition) is 4. The fourth-order valence-corrected chi connectivity index (χ4v) is 3.04. The van der Waals surface area contributed by atoms with Gasteiger partial charge >= 0.3 is 5.97 Å².